The average molecular weight is 270 g/mol. The summed E-state index contributed by atoms with van der Waals surface area (Å²) in [6.07, 6.45) is 0.370. The van der Waals surface area contributed by atoms with Crippen LogP contribution in [0.4, 0.5) is 5.69 Å². The van der Waals surface area contributed by atoms with Crippen LogP contribution < -0.4 is 11.1 Å². The molecule has 0 heterocycles. The molecule has 1 unspecified atom stereocenters. The van der Waals surface area contributed by atoms with Crippen molar-refractivity contribution in [1.29, 1.82) is 0 Å². The van der Waals surface area contributed by atoms with Gasteiger partial charge in [0.25, 0.3) is 0 Å². The lowest BCUT2D eigenvalue weighted by Crippen LogP contribution is -2.35. The largest absolute Gasteiger partial charge is 0.380 e. The van der Waals surface area contributed by atoms with E-state index in [4.69, 9.17) is 17.3 Å². The molecule has 0 aliphatic carbocycles. The first-order valence-electron chi connectivity index (χ1n) is 5.87. The zero-order valence-electron chi connectivity index (χ0n) is 11.0. The van der Waals surface area contributed by atoms with Gasteiger partial charge in [0, 0.05) is 43.8 Å². The molecule has 0 bridgehead atoms. The lowest BCUT2D eigenvalue weighted by Gasteiger charge is -2.20. The minimum atomic E-state index is -0.0846. The molecule has 0 aliphatic heterocycles. The fourth-order valence-corrected chi connectivity index (χ4v) is 1.69. The number of hydrogen-bond acceptors (Lipinski definition) is 3. The van der Waals surface area contributed by atoms with Crippen molar-refractivity contribution in [2.45, 2.75) is 19.4 Å². The average Bonchev–Trinajstić information content (AvgIpc) is 2.32. The summed E-state index contributed by atoms with van der Waals surface area (Å²) in [5, 5.41) is 3.93. The molecule has 3 N–H and O–H groups in total. The molecule has 0 fully saturated rings. The molecule has 5 heteroatoms. The Morgan fingerprint density at radius 2 is 2.17 bits per heavy atom. The second-order valence-corrected chi connectivity index (χ2v) is 4.94. The van der Waals surface area contributed by atoms with Crippen LogP contribution in [0.5, 0.6) is 0 Å². The Bertz CT molecular complexity index is 421. The minimum Gasteiger partial charge on any atom is -0.380 e. The molecule has 18 heavy (non-hydrogen) atoms. The van der Waals surface area contributed by atoms with Gasteiger partial charge in [-0.3, -0.25) is 4.79 Å². The first-order valence-corrected chi connectivity index (χ1v) is 6.24. The number of hydrogen-bond donors (Lipinski definition) is 2. The molecule has 100 valence electrons. The molecule has 0 spiro atoms. The molecule has 1 amide bonds. The van der Waals surface area contributed by atoms with Crippen molar-refractivity contribution >= 4 is 23.2 Å². The van der Waals surface area contributed by atoms with Crippen molar-refractivity contribution in [3.8, 4) is 0 Å². The summed E-state index contributed by atoms with van der Waals surface area (Å²) >= 11 is 6.05. The van der Waals surface area contributed by atoms with Crippen molar-refractivity contribution in [2.75, 3.05) is 26.0 Å². The van der Waals surface area contributed by atoms with Gasteiger partial charge in [-0.25, -0.2) is 0 Å². The maximum absolute atomic E-state index is 11.6. The third kappa shape index (κ3) is 4.20. The molecule has 4 nitrogen and oxygen atoms in total. The molecule has 0 saturated heterocycles. The highest BCUT2D eigenvalue weighted by Gasteiger charge is 2.13. The van der Waals surface area contributed by atoms with E-state index in [1.807, 2.05) is 25.1 Å². The monoisotopic (exact) mass is 269 g/mol. The summed E-state index contributed by atoms with van der Waals surface area (Å²) in [7, 11) is 3.47. The van der Waals surface area contributed by atoms with E-state index in [0.29, 0.717) is 18.0 Å². The molecular formula is C13H20ClN3O. The zero-order valence-corrected chi connectivity index (χ0v) is 11.8. The van der Waals surface area contributed by atoms with E-state index in [1.54, 1.807) is 19.0 Å². The van der Waals surface area contributed by atoms with Gasteiger partial charge in [-0.2, -0.15) is 0 Å². The van der Waals surface area contributed by atoms with Gasteiger partial charge in [0.15, 0.2) is 0 Å². The van der Waals surface area contributed by atoms with Crippen molar-refractivity contribution < 1.29 is 4.79 Å². The molecule has 0 aliphatic rings. The Hall–Kier alpha value is -1.26. The number of anilines is 1. The third-order valence-corrected chi connectivity index (χ3v) is 3.15. The molecule has 1 atom stereocenters. The van der Waals surface area contributed by atoms with Crippen LogP contribution in [-0.4, -0.2) is 37.5 Å². The van der Waals surface area contributed by atoms with E-state index in [2.05, 4.69) is 5.32 Å². The molecule has 1 aromatic carbocycles. The molecular weight excluding hydrogens is 250 g/mol. The van der Waals surface area contributed by atoms with Crippen LogP contribution in [0.2, 0.25) is 5.02 Å². The maximum Gasteiger partial charge on any atom is 0.224 e. The van der Waals surface area contributed by atoms with Crippen LogP contribution in [-0.2, 0) is 4.79 Å². The number of carbonyl (C=O) groups is 1. The van der Waals surface area contributed by atoms with Crippen LogP contribution in [0.3, 0.4) is 0 Å². The summed E-state index contributed by atoms with van der Waals surface area (Å²) in [4.78, 5) is 13.2. The fourth-order valence-electron chi connectivity index (χ4n) is 1.50. The van der Waals surface area contributed by atoms with E-state index >= 15 is 0 Å². The predicted molar refractivity (Wildman–Crippen MR) is 76.0 cm³/mol. The second-order valence-electron chi connectivity index (χ2n) is 4.53. The SMILES string of the molecule is Cc1ccc(NC(CN)CC(=O)N(C)C)cc1Cl. The highest BCUT2D eigenvalue weighted by Crippen LogP contribution is 2.20. The number of benzene rings is 1. The molecule has 0 radical (unpaired) electrons. The predicted octanol–water partition coefficient (Wildman–Crippen LogP) is 1.87. The number of carbonyl (C=O) groups excluding carboxylic acids is 1. The fraction of sp³-hybridized carbons (Fsp3) is 0.462. The number of halogens is 1. The third-order valence-electron chi connectivity index (χ3n) is 2.75. The van der Waals surface area contributed by atoms with Gasteiger partial charge in [0.05, 0.1) is 0 Å². The standard InChI is InChI=1S/C13H20ClN3O/c1-9-4-5-10(6-12(9)14)16-11(8-15)7-13(18)17(2)3/h4-6,11,16H,7-8,15H2,1-3H3. The summed E-state index contributed by atoms with van der Waals surface area (Å²) in [6.45, 7) is 2.34. The quantitative estimate of drug-likeness (QED) is 0.858. The first kappa shape index (κ1) is 14.8. The van der Waals surface area contributed by atoms with Gasteiger partial charge in [0.1, 0.15) is 0 Å². The number of aryl methyl sites for hydroxylation is 1. The second kappa shape index (κ2) is 6.61. The van der Waals surface area contributed by atoms with Gasteiger partial charge in [-0.1, -0.05) is 17.7 Å². The topological polar surface area (TPSA) is 58.4 Å². The van der Waals surface area contributed by atoms with E-state index < -0.39 is 0 Å². The van der Waals surface area contributed by atoms with Crippen molar-refractivity contribution in [1.82, 2.24) is 4.90 Å². The number of nitrogens with one attached hydrogen (secondary N) is 1. The summed E-state index contributed by atoms with van der Waals surface area (Å²) in [5.74, 6) is 0.0520. The summed E-state index contributed by atoms with van der Waals surface area (Å²) < 4.78 is 0. The molecule has 0 aromatic heterocycles. The van der Waals surface area contributed by atoms with E-state index in [1.165, 1.54) is 0 Å². The van der Waals surface area contributed by atoms with E-state index in [0.717, 1.165) is 11.3 Å². The molecule has 1 aromatic rings. The van der Waals surface area contributed by atoms with E-state index in [9.17, 15) is 4.79 Å². The van der Waals surface area contributed by atoms with Gasteiger partial charge in [-0.15, -0.1) is 0 Å². The van der Waals surface area contributed by atoms with Crippen LogP contribution in [0.15, 0.2) is 18.2 Å². The number of nitrogens with zero attached hydrogens (tertiary/aromatic N) is 1. The number of nitrogens with two attached hydrogens (primary N) is 1. The Labute approximate surface area is 113 Å². The minimum absolute atomic E-state index is 0.0520. The highest BCUT2D eigenvalue weighted by atomic mass is 35.5. The van der Waals surface area contributed by atoms with Crippen molar-refractivity contribution in [2.24, 2.45) is 5.73 Å². The van der Waals surface area contributed by atoms with Crippen molar-refractivity contribution in [3.63, 3.8) is 0 Å². The Morgan fingerprint density at radius 3 is 2.67 bits per heavy atom. The van der Waals surface area contributed by atoms with Gasteiger partial charge in [-0.05, 0) is 24.6 Å². The van der Waals surface area contributed by atoms with Gasteiger partial charge >= 0.3 is 0 Å². The first-order chi connectivity index (χ1) is 8.43. The Morgan fingerprint density at radius 1 is 1.50 bits per heavy atom. The number of rotatable bonds is 5. The van der Waals surface area contributed by atoms with Gasteiger partial charge in [0.2, 0.25) is 5.91 Å². The van der Waals surface area contributed by atoms with Crippen LogP contribution in [0, 0.1) is 6.92 Å². The molecule has 0 saturated carbocycles. The van der Waals surface area contributed by atoms with Crippen LogP contribution in [0.1, 0.15) is 12.0 Å². The van der Waals surface area contributed by atoms with Gasteiger partial charge < -0.3 is 16.0 Å². The smallest absolute Gasteiger partial charge is 0.224 e. The molecule has 1 rings (SSSR count). The summed E-state index contributed by atoms with van der Waals surface area (Å²) in [5.41, 5.74) is 7.58. The summed E-state index contributed by atoms with van der Waals surface area (Å²) in [6, 6.07) is 5.63. The lowest BCUT2D eigenvalue weighted by molar-refractivity contribution is -0.128. The van der Waals surface area contributed by atoms with Crippen molar-refractivity contribution in [3.05, 3.63) is 28.8 Å². The zero-order chi connectivity index (χ0) is 13.7. The number of amides is 1. The van der Waals surface area contributed by atoms with E-state index in [-0.39, 0.29) is 11.9 Å². The van der Waals surface area contributed by atoms with Crippen LogP contribution in [0.25, 0.3) is 0 Å². The Balaban J connectivity index is 2.68. The highest BCUT2D eigenvalue weighted by molar-refractivity contribution is 6.31. The normalized spacial score (nSPS) is 12.1. The maximum atomic E-state index is 11.6. The lowest BCUT2D eigenvalue weighted by atomic mass is 10.1. The van der Waals surface area contributed by atoms with Crippen LogP contribution >= 0.6 is 11.6 Å². The Kier molecular flexibility index (Phi) is 5.44.